The Labute approximate surface area is 75.0 Å². The predicted octanol–water partition coefficient (Wildman–Crippen LogP) is 0.179. The summed E-state index contributed by atoms with van der Waals surface area (Å²) in [7, 11) is -4.13. The first-order chi connectivity index (χ1) is 6.07. The quantitative estimate of drug-likeness (QED) is 0.610. The Morgan fingerprint density at radius 1 is 1.46 bits per heavy atom. The van der Waals surface area contributed by atoms with Crippen molar-refractivity contribution in [2.75, 3.05) is 0 Å². The molecule has 1 unspecified atom stereocenters. The number of fused-ring (bicyclic) bond motifs is 1. The Bertz CT molecular complexity index is 456. The van der Waals surface area contributed by atoms with Gasteiger partial charge in [0, 0.05) is 0 Å². The Kier molecular flexibility index (Phi) is 1.67. The topological polar surface area (TPSA) is 79.1 Å². The Balaban J connectivity index is 2.43. The fourth-order valence-electron chi connectivity index (χ4n) is 1.14. The molecule has 1 N–H and O–H groups in total. The number of nitrogens with zero attached hydrogens (tertiary/aromatic N) is 2. The van der Waals surface area contributed by atoms with E-state index in [1.54, 1.807) is 6.08 Å². The van der Waals surface area contributed by atoms with E-state index in [2.05, 4.69) is 9.98 Å². The van der Waals surface area contributed by atoms with Crippen molar-refractivity contribution in [3.05, 3.63) is 23.1 Å². The molecule has 1 aliphatic carbocycles. The summed E-state index contributed by atoms with van der Waals surface area (Å²) in [5.74, 6) is 0. The van der Waals surface area contributed by atoms with Crippen molar-refractivity contribution in [3.8, 4) is 0 Å². The van der Waals surface area contributed by atoms with E-state index in [0.29, 0.717) is 5.71 Å². The van der Waals surface area contributed by atoms with Crippen molar-refractivity contribution in [1.82, 2.24) is 0 Å². The van der Waals surface area contributed by atoms with Gasteiger partial charge >= 0.3 is 0 Å². The maximum atomic E-state index is 10.7. The number of aliphatic imine (C=N–C) groups is 2. The molecule has 0 aromatic heterocycles. The Morgan fingerprint density at radius 3 is 2.92 bits per heavy atom. The molecule has 0 aromatic rings. The first-order valence-corrected chi connectivity index (χ1v) is 4.98. The van der Waals surface area contributed by atoms with Crippen LogP contribution >= 0.6 is 0 Å². The number of allylic oxidation sites excluding steroid dienone is 1. The van der Waals surface area contributed by atoms with Crippen molar-refractivity contribution in [2.45, 2.75) is 6.04 Å². The van der Waals surface area contributed by atoms with Crippen LogP contribution in [0.2, 0.25) is 0 Å². The van der Waals surface area contributed by atoms with Crippen LogP contribution in [0.15, 0.2) is 33.1 Å². The second-order valence-corrected chi connectivity index (χ2v) is 4.07. The fourth-order valence-corrected chi connectivity index (χ4v) is 1.66. The van der Waals surface area contributed by atoms with Crippen LogP contribution in [-0.4, -0.2) is 31.1 Å². The third-order valence-electron chi connectivity index (χ3n) is 1.77. The summed E-state index contributed by atoms with van der Waals surface area (Å²) in [6.07, 6.45) is 5.58. The molecule has 68 valence electrons. The largest absolute Gasteiger partial charge is 0.294 e. The first kappa shape index (κ1) is 8.33. The predicted molar refractivity (Wildman–Crippen MR) is 48.5 cm³/mol. The van der Waals surface area contributed by atoms with Crippen molar-refractivity contribution in [3.63, 3.8) is 0 Å². The van der Waals surface area contributed by atoms with Gasteiger partial charge < -0.3 is 0 Å². The molecule has 5 nitrogen and oxygen atoms in total. The third kappa shape index (κ3) is 1.45. The van der Waals surface area contributed by atoms with Crippen molar-refractivity contribution < 1.29 is 13.0 Å². The molecule has 0 radical (unpaired) electrons. The minimum Gasteiger partial charge on any atom is -0.282 e. The van der Waals surface area contributed by atoms with Gasteiger partial charge in [0.25, 0.3) is 10.1 Å². The van der Waals surface area contributed by atoms with E-state index < -0.39 is 10.1 Å². The van der Waals surface area contributed by atoms with Crippen LogP contribution in [0.1, 0.15) is 0 Å². The van der Waals surface area contributed by atoms with Gasteiger partial charge in [-0.25, -0.2) is 4.99 Å². The average Bonchev–Trinajstić information content (AvgIpc) is 2.47. The van der Waals surface area contributed by atoms with Crippen molar-refractivity contribution in [1.29, 1.82) is 0 Å². The molecule has 2 aliphatic rings. The van der Waals surface area contributed by atoms with Gasteiger partial charge in [-0.1, -0.05) is 6.08 Å². The standard InChI is InChI=1S/C7H6N2O3S/c10-13(11,12)5-1-2-6-7(3-5)9-4-8-6/h1-4,6H,(H,10,11,12). The van der Waals surface area contributed by atoms with Gasteiger partial charge in [0.2, 0.25) is 0 Å². The highest BCUT2D eigenvalue weighted by Crippen LogP contribution is 2.17. The van der Waals surface area contributed by atoms with Crippen LogP contribution in [-0.2, 0) is 10.1 Å². The minimum absolute atomic E-state index is 0.145. The molecular weight excluding hydrogens is 192 g/mol. The molecule has 0 saturated heterocycles. The lowest BCUT2D eigenvalue weighted by molar-refractivity contribution is 0.492. The summed E-state index contributed by atoms with van der Waals surface area (Å²) < 4.78 is 30.1. The molecular formula is C7H6N2O3S. The van der Waals surface area contributed by atoms with Gasteiger partial charge in [0.15, 0.2) is 0 Å². The SMILES string of the molecule is O=S(=O)(O)C1=CC2=NC=NC2C=C1. The molecule has 0 aromatic carbocycles. The zero-order valence-electron chi connectivity index (χ0n) is 6.45. The van der Waals surface area contributed by atoms with E-state index in [4.69, 9.17) is 4.55 Å². The third-order valence-corrected chi connectivity index (χ3v) is 2.62. The molecule has 2 rings (SSSR count). The molecule has 1 heterocycles. The molecule has 13 heavy (non-hydrogen) atoms. The van der Waals surface area contributed by atoms with E-state index in [1.165, 1.54) is 18.5 Å². The Hall–Kier alpha value is -1.27. The zero-order valence-corrected chi connectivity index (χ0v) is 7.27. The lowest BCUT2D eigenvalue weighted by Crippen LogP contribution is -2.16. The lowest BCUT2D eigenvalue weighted by Gasteiger charge is -2.08. The zero-order chi connectivity index (χ0) is 9.47. The maximum absolute atomic E-state index is 10.7. The van der Waals surface area contributed by atoms with Crippen molar-refractivity contribution >= 4 is 22.2 Å². The van der Waals surface area contributed by atoms with Crippen LogP contribution in [0.3, 0.4) is 0 Å². The smallest absolute Gasteiger partial charge is 0.282 e. The van der Waals surface area contributed by atoms with Crippen LogP contribution in [0.25, 0.3) is 0 Å². The van der Waals surface area contributed by atoms with Gasteiger partial charge in [-0.3, -0.25) is 9.55 Å². The normalized spacial score (nSPS) is 25.5. The molecule has 0 bridgehead atoms. The van der Waals surface area contributed by atoms with E-state index >= 15 is 0 Å². The lowest BCUT2D eigenvalue weighted by atomic mass is 10.1. The molecule has 0 saturated carbocycles. The second-order valence-electron chi connectivity index (χ2n) is 2.64. The summed E-state index contributed by atoms with van der Waals surface area (Å²) in [5.41, 5.74) is 0.537. The molecule has 1 atom stereocenters. The summed E-state index contributed by atoms with van der Waals surface area (Å²) in [6.45, 7) is 0. The van der Waals surface area contributed by atoms with Crippen LogP contribution in [0, 0.1) is 0 Å². The maximum Gasteiger partial charge on any atom is 0.294 e. The van der Waals surface area contributed by atoms with Gasteiger partial charge in [0.1, 0.15) is 12.4 Å². The molecule has 6 heteroatoms. The molecule has 0 fully saturated rings. The first-order valence-electron chi connectivity index (χ1n) is 3.54. The second kappa shape index (κ2) is 2.61. The van der Waals surface area contributed by atoms with E-state index in [1.807, 2.05) is 0 Å². The van der Waals surface area contributed by atoms with Crippen LogP contribution < -0.4 is 0 Å². The summed E-state index contributed by atoms with van der Waals surface area (Å²) in [5, 5.41) is 0. The highest BCUT2D eigenvalue weighted by Gasteiger charge is 2.22. The summed E-state index contributed by atoms with van der Waals surface area (Å²) in [4.78, 5) is 7.64. The van der Waals surface area contributed by atoms with Crippen LogP contribution in [0.4, 0.5) is 0 Å². The molecule has 0 spiro atoms. The highest BCUT2D eigenvalue weighted by atomic mass is 32.2. The van der Waals surface area contributed by atoms with E-state index in [9.17, 15) is 8.42 Å². The number of hydrogen-bond acceptors (Lipinski definition) is 4. The van der Waals surface area contributed by atoms with Gasteiger partial charge in [0.05, 0.1) is 10.6 Å². The Morgan fingerprint density at radius 2 is 2.23 bits per heavy atom. The van der Waals surface area contributed by atoms with Crippen LogP contribution in [0.5, 0.6) is 0 Å². The number of rotatable bonds is 1. The number of hydrogen-bond donors (Lipinski definition) is 1. The highest BCUT2D eigenvalue weighted by molar-refractivity contribution is 7.90. The van der Waals surface area contributed by atoms with E-state index in [0.717, 1.165) is 0 Å². The van der Waals surface area contributed by atoms with Crippen molar-refractivity contribution in [2.24, 2.45) is 9.98 Å². The molecule has 1 aliphatic heterocycles. The monoisotopic (exact) mass is 198 g/mol. The van der Waals surface area contributed by atoms with E-state index in [-0.39, 0.29) is 10.9 Å². The summed E-state index contributed by atoms with van der Waals surface area (Å²) >= 11 is 0. The van der Waals surface area contributed by atoms with Gasteiger partial charge in [-0.15, -0.1) is 0 Å². The minimum atomic E-state index is -4.13. The van der Waals surface area contributed by atoms with Gasteiger partial charge in [-0.2, -0.15) is 8.42 Å². The summed E-state index contributed by atoms with van der Waals surface area (Å²) in [6, 6.07) is -0.189. The van der Waals surface area contributed by atoms with Gasteiger partial charge in [-0.05, 0) is 12.2 Å². The average molecular weight is 198 g/mol. The molecule has 0 amide bonds. The fraction of sp³-hybridized carbons (Fsp3) is 0.143.